The topological polar surface area (TPSA) is 3.24 Å². The van der Waals surface area contributed by atoms with Gasteiger partial charge in [0.25, 0.3) is 0 Å². The zero-order valence-corrected chi connectivity index (χ0v) is 11.1. The molecule has 0 saturated heterocycles. The number of benzene rings is 1. The van der Waals surface area contributed by atoms with E-state index in [1.165, 1.54) is 43.5 Å². The number of nitrogens with zero attached hydrogens (tertiary/aromatic N) is 1. The van der Waals surface area contributed by atoms with E-state index in [9.17, 15) is 0 Å². The van der Waals surface area contributed by atoms with E-state index in [0.29, 0.717) is 0 Å². The van der Waals surface area contributed by atoms with E-state index in [1.54, 1.807) is 0 Å². The quantitative estimate of drug-likeness (QED) is 0.738. The van der Waals surface area contributed by atoms with E-state index in [2.05, 4.69) is 45.1 Å². The molecule has 0 heterocycles. The fraction of sp³-hybridized carbons (Fsp3) is 0.571. The van der Waals surface area contributed by atoms with Crippen molar-refractivity contribution in [2.24, 2.45) is 5.92 Å². The van der Waals surface area contributed by atoms with Crippen LogP contribution in [0, 0.1) is 5.92 Å². The van der Waals surface area contributed by atoms with Gasteiger partial charge >= 0.3 is 0 Å². The molecular weight excluding hydrogens is 262 g/mol. The summed E-state index contributed by atoms with van der Waals surface area (Å²) in [6.45, 7) is 1.29. The Morgan fingerprint density at radius 2 is 1.88 bits per heavy atom. The average molecular weight is 280 g/mol. The Kier molecular flexibility index (Phi) is 2.93. The Bertz CT molecular complexity index is 369. The molecule has 2 heteroatoms. The summed E-state index contributed by atoms with van der Waals surface area (Å²) in [6, 6.07) is 9.68. The predicted octanol–water partition coefficient (Wildman–Crippen LogP) is 3.96. The molecule has 0 atom stereocenters. The Balaban J connectivity index is 1.84. The summed E-state index contributed by atoms with van der Waals surface area (Å²) >= 11 is 3.60. The second kappa shape index (κ2) is 4.40. The van der Waals surface area contributed by atoms with Gasteiger partial charge in [0.05, 0.1) is 0 Å². The third kappa shape index (κ3) is 2.27. The van der Waals surface area contributed by atoms with Crippen LogP contribution in [0.5, 0.6) is 0 Å². The van der Waals surface area contributed by atoms with E-state index in [-0.39, 0.29) is 0 Å². The molecule has 1 aromatic carbocycles. The molecule has 0 radical (unpaired) electrons. The number of hydrogen-bond acceptors (Lipinski definition) is 1. The van der Waals surface area contributed by atoms with Gasteiger partial charge in [0.2, 0.25) is 0 Å². The van der Waals surface area contributed by atoms with Gasteiger partial charge in [-0.2, -0.15) is 0 Å². The fourth-order valence-electron chi connectivity index (χ4n) is 2.31. The number of hydrogen-bond donors (Lipinski definition) is 0. The monoisotopic (exact) mass is 279 g/mol. The maximum Gasteiger partial charge on any atom is 0.0409 e. The van der Waals surface area contributed by atoms with E-state index in [0.717, 1.165) is 17.3 Å². The Labute approximate surface area is 106 Å². The van der Waals surface area contributed by atoms with Gasteiger partial charge < -0.3 is 4.90 Å². The molecule has 2 saturated carbocycles. The van der Waals surface area contributed by atoms with E-state index < -0.39 is 0 Å². The van der Waals surface area contributed by atoms with Crippen molar-refractivity contribution in [2.75, 3.05) is 11.4 Å². The molecule has 3 rings (SSSR count). The number of alkyl halides is 1. The summed E-state index contributed by atoms with van der Waals surface area (Å²) < 4.78 is 0. The molecule has 0 aliphatic heterocycles. The summed E-state index contributed by atoms with van der Waals surface area (Å²) in [5, 5.41) is 0.969. The van der Waals surface area contributed by atoms with Gasteiger partial charge in [-0.1, -0.05) is 34.1 Å². The molecule has 16 heavy (non-hydrogen) atoms. The number of anilines is 1. The van der Waals surface area contributed by atoms with E-state index in [4.69, 9.17) is 0 Å². The Morgan fingerprint density at radius 3 is 2.50 bits per heavy atom. The van der Waals surface area contributed by atoms with Crippen molar-refractivity contribution >= 4 is 21.6 Å². The largest absolute Gasteiger partial charge is 0.368 e. The molecule has 0 aromatic heterocycles. The molecule has 2 fully saturated rings. The van der Waals surface area contributed by atoms with Gasteiger partial charge in [-0.15, -0.1) is 0 Å². The minimum atomic E-state index is 0.834. The highest BCUT2D eigenvalue weighted by molar-refractivity contribution is 9.08. The molecule has 1 nitrogen and oxygen atoms in total. The van der Waals surface area contributed by atoms with Gasteiger partial charge in [-0.3, -0.25) is 0 Å². The number of halogens is 1. The molecule has 2 aliphatic carbocycles. The Hall–Kier alpha value is -0.500. The van der Waals surface area contributed by atoms with Crippen molar-refractivity contribution in [2.45, 2.75) is 37.1 Å². The van der Waals surface area contributed by atoms with Crippen molar-refractivity contribution in [1.82, 2.24) is 0 Å². The Morgan fingerprint density at radius 1 is 1.12 bits per heavy atom. The first-order chi connectivity index (χ1) is 7.88. The molecule has 0 spiro atoms. The second-order valence-corrected chi connectivity index (χ2v) is 5.65. The van der Waals surface area contributed by atoms with Crippen LogP contribution in [0.25, 0.3) is 0 Å². The summed E-state index contributed by atoms with van der Waals surface area (Å²) in [6.07, 6.45) is 5.67. The number of rotatable bonds is 5. The lowest BCUT2D eigenvalue weighted by Crippen LogP contribution is -2.28. The van der Waals surface area contributed by atoms with Crippen LogP contribution in [0.15, 0.2) is 24.3 Å². The normalized spacial score (nSPS) is 19.8. The van der Waals surface area contributed by atoms with Gasteiger partial charge in [-0.25, -0.2) is 0 Å². The van der Waals surface area contributed by atoms with Crippen LogP contribution in [0.2, 0.25) is 0 Å². The lowest BCUT2D eigenvalue weighted by molar-refractivity contribution is 0.717. The van der Waals surface area contributed by atoms with Gasteiger partial charge in [0, 0.05) is 23.6 Å². The summed E-state index contributed by atoms with van der Waals surface area (Å²) in [4.78, 5) is 2.66. The van der Waals surface area contributed by atoms with Gasteiger partial charge in [0.1, 0.15) is 0 Å². The van der Waals surface area contributed by atoms with Crippen molar-refractivity contribution < 1.29 is 0 Å². The minimum absolute atomic E-state index is 0.834. The number of para-hydroxylation sites is 1. The van der Waals surface area contributed by atoms with Crippen molar-refractivity contribution in [3.63, 3.8) is 0 Å². The highest BCUT2D eigenvalue weighted by atomic mass is 79.9. The zero-order chi connectivity index (χ0) is 11.0. The van der Waals surface area contributed by atoms with Crippen LogP contribution in [-0.2, 0) is 5.33 Å². The van der Waals surface area contributed by atoms with Gasteiger partial charge in [0.15, 0.2) is 0 Å². The van der Waals surface area contributed by atoms with Crippen LogP contribution >= 0.6 is 15.9 Å². The molecule has 0 N–H and O–H groups in total. The molecule has 0 unspecified atom stereocenters. The van der Waals surface area contributed by atoms with Crippen molar-refractivity contribution in [3.8, 4) is 0 Å². The highest BCUT2D eigenvalue weighted by Crippen LogP contribution is 2.39. The average Bonchev–Trinajstić information content (AvgIpc) is 3.16. The van der Waals surface area contributed by atoms with E-state index in [1.807, 2.05) is 0 Å². The summed E-state index contributed by atoms with van der Waals surface area (Å²) in [5.74, 6) is 0.976. The molecular formula is C14H18BrN. The van der Waals surface area contributed by atoms with Crippen LogP contribution in [-0.4, -0.2) is 12.6 Å². The SMILES string of the molecule is BrCc1ccccc1N(CC1CC1)C1CC1. The zero-order valence-electron chi connectivity index (χ0n) is 9.53. The second-order valence-electron chi connectivity index (χ2n) is 5.09. The molecule has 1 aromatic rings. The smallest absolute Gasteiger partial charge is 0.0409 e. The standard InChI is InChI=1S/C14H18BrN/c15-9-12-3-1-2-4-14(12)16(13-7-8-13)10-11-5-6-11/h1-4,11,13H,5-10H2. The highest BCUT2D eigenvalue weighted by Gasteiger charge is 2.34. The summed E-state index contributed by atoms with van der Waals surface area (Å²) in [5.41, 5.74) is 2.91. The van der Waals surface area contributed by atoms with Crippen LogP contribution in [0.3, 0.4) is 0 Å². The maximum atomic E-state index is 3.60. The lowest BCUT2D eigenvalue weighted by Gasteiger charge is -2.26. The third-order valence-corrected chi connectivity index (χ3v) is 4.19. The molecule has 2 aliphatic rings. The first-order valence-electron chi connectivity index (χ1n) is 6.29. The molecule has 0 bridgehead atoms. The van der Waals surface area contributed by atoms with Crippen molar-refractivity contribution in [1.29, 1.82) is 0 Å². The van der Waals surface area contributed by atoms with Gasteiger partial charge in [-0.05, 0) is 43.2 Å². The van der Waals surface area contributed by atoms with Crippen LogP contribution in [0.4, 0.5) is 5.69 Å². The summed E-state index contributed by atoms with van der Waals surface area (Å²) in [7, 11) is 0. The van der Waals surface area contributed by atoms with E-state index >= 15 is 0 Å². The third-order valence-electron chi connectivity index (χ3n) is 3.58. The molecule has 86 valence electrons. The first-order valence-corrected chi connectivity index (χ1v) is 7.41. The van der Waals surface area contributed by atoms with Crippen LogP contribution in [0.1, 0.15) is 31.2 Å². The molecule has 0 amide bonds. The minimum Gasteiger partial charge on any atom is -0.368 e. The van der Waals surface area contributed by atoms with Crippen molar-refractivity contribution in [3.05, 3.63) is 29.8 Å². The first kappa shape index (κ1) is 10.6. The fourth-order valence-corrected chi connectivity index (χ4v) is 2.79. The predicted molar refractivity (Wildman–Crippen MR) is 72.2 cm³/mol. The van der Waals surface area contributed by atoms with Crippen LogP contribution < -0.4 is 4.90 Å². The maximum absolute atomic E-state index is 3.60. The lowest BCUT2D eigenvalue weighted by atomic mass is 10.1.